The number of aromatic nitrogens is 2. The van der Waals surface area contributed by atoms with Gasteiger partial charge >= 0.3 is 0 Å². The van der Waals surface area contributed by atoms with E-state index in [0.29, 0.717) is 18.1 Å². The largest absolute Gasteiger partial charge is 0.493 e. The van der Waals surface area contributed by atoms with Gasteiger partial charge in [-0.3, -0.25) is 4.79 Å². The van der Waals surface area contributed by atoms with Gasteiger partial charge in [0.25, 0.3) is 5.56 Å². The lowest BCUT2D eigenvalue weighted by Gasteiger charge is -2.12. The van der Waals surface area contributed by atoms with Crippen LogP contribution in [0.4, 0.5) is 0 Å². The molecule has 2 heterocycles. The van der Waals surface area contributed by atoms with Gasteiger partial charge in [-0.2, -0.15) is 9.78 Å². The lowest BCUT2D eigenvalue weighted by atomic mass is 9.97. The van der Waals surface area contributed by atoms with Gasteiger partial charge in [0.15, 0.2) is 11.5 Å². The van der Waals surface area contributed by atoms with Crippen molar-refractivity contribution in [2.24, 2.45) is 5.10 Å². The summed E-state index contributed by atoms with van der Waals surface area (Å²) >= 11 is 5.14. The summed E-state index contributed by atoms with van der Waals surface area (Å²) in [6.07, 6.45) is 7.40. The minimum atomic E-state index is -0.113. The van der Waals surface area contributed by atoms with Gasteiger partial charge in [0.05, 0.1) is 29.8 Å². The van der Waals surface area contributed by atoms with E-state index in [1.165, 1.54) is 27.9 Å². The zero-order chi connectivity index (χ0) is 19.7. The van der Waals surface area contributed by atoms with Crippen molar-refractivity contribution < 1.29 is 9.47 Å². The number of rotatable bonds is 5. The maximum atomic E-state index is 13.0. The van der Waals surface area contributed by atoms with Crippen molar-refractivity contribution >= 4 is 43.7 Å². The number of thiophene rings is 1. The first-order valence-electron chi connectivity index (χ1n) is 9.19. The van der Waals surface area contributed by atoms with E-state index in [0.717, 1.165) is 39.5 Å². The minimum absolute atomic E-state index is 0.113. The number of benzene rings is 1. The first kappa shape index (κ1) is 19.1. The number of ether oxygens (including phenoxy) is 2. The maximum Gasteiger partial charge on any atom is 0.282 e. The molecule has 1 aromatic carbocycles. The molecule has 0 amide bonds. The molecular formula is C20H20BrN3O3S. The molecular weight excluding hydrogens is 442 g/mol. The Balaban J connectivity index is 1.72. The highest BCUT2D eigenvalue weighted by atomic mass is 79.9. The van der Waals surface area contributed by atoms with Crippen LogP contribution < -0.4 is 15.0 Å². The molecule has 0 radical (unpaired) electrons. The molecule has 0 N–H and O–H groups in total. The number of hydrogen-bond donors (Lipinski definition) is 0. The molecule has 0 atom stereocenters. The molecule has 6 nitrogen and oxygen atoms in total. The van der Waals surface area contributed by atoms with Crippen LogP contribution in [0.15, 0.2) is 32.8 Å². The summed E-state index contributed by atoms with van der Waals surface area (Å²) in [4.78, 5) is 19.5. The van der Waals surface area contributed by atoms with Crippen molar-refractivity contribution in [3.63, 3.8) is 0 Å². The summed E-state index contributed by atoms with van der Waals surface area (Å²) in [5.41, 5.74) is 1.84. The van der Waals surface area contributed by atoms with E-state index in [-0.39, 0.29) is 5.56 Å². The molecule has 4 rings (SSSR count). The predicted molar refractivity (Wildman–Crippen MR) is 115 cm³/mol. The van der Waals surface area contributed by atoms with Crippen LogP contribution in [0, 0.1) is 0 Å². The first-order valence-corrected chi connectivity index (χ1v) is 10.8. The number of aryl methyl sites for hydroxylation is 2. The average molecular weight is 462 g/mol. The quantitative estimate of drug-likeness (QED) is 0.528. The SMILES string of the molecule is CCOc1c(Br)cc(C=Nn2cnc3sc4c(c3c2=O)CCCC4)cc1OC. The Hall–Kier alpha value is -2.19. The van der Waals surface area contributed by atoms with Crippen LogP contribution >= 0.6 is 27.3 Å². The van der Waals surface area contributed by atoms with E-state index in [1.807, 2.05) is 19.1 Å². The minimum Gasteiger partial charge on any atom is -0.493 e. The topological polar surface area (TPSA) is 65.7 Å². The van der Waals surface area contributed by atoms with Gasteiger partial charge in [-0.1, -0.05) is 0 Å². The summed E-state index contributed by atoms with van der Waals surface area (Å²) < 4.78 is 13.1. The van der Waals surface area contributed by atoms with Gasteiger partial charge in [-0.15, -0.1) is 11.3 Å². The molecule has 0 unspecified atom stereocenters. The molecule has 0 bridgehead atoms. The Morgan fingerprint density at radius 1 is 1.36 bits per heavy atom. The molecule has 0 fully saturated rings. The third-order valence-corrected chi connectivity index (χ3v) is 6.52. The van der Waals surface area contributed by atoms with Crippen LogP contribution in [-0.2, 0) is 12.8 Å². The Morgan fingerprint density at radius 2 is 2.18 bits per heavy atom. The van der Waals surface area contributed by atoms with E-state index < -0.39 is 0 Å². The van der Waals surface area contributed by atoms with Crippen molar-refractivity contribution in [2.45, 2.75) is 32.6 Å². The molecule has 0 saturated carbocycles. The van der Waals surface area contributed by atoms with Crippen LogP contribution in [0.3, 0.4) is 0 Å². The second-order valence-electron chi connectivity index (χ2n) is 6.50. The molecule has 146 valence electrons. The van der Waals surface area contributed by atoms with Crippen LogP contribution in [0.25, 0.3) is 10.2 Å². The van der Waals surface area contributed by atoms with Crippen molar-refractivity contribution in [3.05, 3.63) is 49.3 Å². The lowest BCUT2D eigenvalue weighted by Crippen LogP contribution is -2.18. The number of fused-ring (bicyclic) bond motifs is 3. The van der Waals surface area contributed by atoms with Crippen molar-refractivity contribution in [1.82, 2.24) is 9.66 Å². The molecule has 1 aliphatic carbocycles. The molecule has 0 aliphatic heterocycles. The fourth-order valence-corrected chi connectivity index (χ4v) is 5.24. The number of halogens is 1. The summed E-state index contributed by atoms with van der Waals surface area (Å²) in [5, 5.41) is 5.08. The third-order valence-electron chi connectivity index (χ3n) is 4.73. The van der Waals surface area contributed by atoms with Gasteiger partial charge in [0, 0.05) is 4.88 Å². The second-order valence-corrected chi connectivity index (χ2v) is 8.43. The van der Waals surface area contributed by atoms with Gasteiger partial charge in [0.2, 0.25) is 0 Å². The van der Waals surface area contributed by atoms with E-state index in [4.69, 9.17) is 9.47 Å². The summed E-state index contributed by atoms with van der Waals surface area (Å²) in [6.45, 7) is 2.45. The summed E-state index contributed by atoms with van der Waals surface area (Å²) in [5.74, 6) is 1.25. The molecule has 0 saturated heterocycles. The Morgan fingerprint density at radius 3 is 2.96 bits per heavy atom. The van der Waals surface area contributed by atoms with Crippen molar-refractivity contribution in [2.75, 3.05) is 13.7 Å². The van der Waals surface area contributed by atoms with Gasteiger partial charge in [0.1, 0.15) is 11.2 Å². The smallest absolute Gasteiger partial charge is 0.282 e. The Bertz CT molecular complexity index is 1120. The number of hydrogen-bond acceptors (Lipinski definition) is 6. The molecule has 2 aromatic heterocycles. The Labute approximate surface area is 174 Å². The molecule has 1 aliphatic rings. The van der Waals surface area contributed by atoms with Gasteiger partial charge < -0.3 is 9.47 Å². The molecule has 28 heavy (non-hydrogen) atoms. The van der Waals surface area contributed by atoms with Crippen LogP contribution in [-0.4, -0.2) is 29.6 Å². The lowest BCUT2D eigenvalue weighted by molar-refractivity contribution is 0.309. The predicted octanol–water partition coefficient (Wildman–Crippen LogP) is 4.39. The standard InChI is InChI=1S/C20H20BrN3O3S/c1-3-27-18-14(21)8-12(9-15(18)26-2)10-23-24-11-22-19-17(20(24)25)13-6-4-5-7-16(13)28-19/h8-11H,3-7H2,1-2H3. The number of nitrogens with zero attached hydrogens (tertiary/aromatic N) is 3. The van der Waals surface area contributed by atoms with Crippen molar-refractivity contribution in [3.8, 4) is 11.5 Å². The zero-order valence-corrected chi connectivity index (χ0v) is 18.1. The monoisotopic (exact) mass is 461 g/mol. The van der Waals surface area contributed by atoms with Gasteiger partial charge in [-0.25, -0.2) is 4.98 Å². The summed E-state index contributed by atoms with van der Waals surface area (Å²) in [7, 11) is 1.59. The fourth-order valence-electron chi connectivity index (χ4n) is 3.45. The van der Waals surface area contributed by atoms with E-state index in [2.05, 4.69) is 26.0 Å². The van der Waals surface area contributed by atoms with E-state index in [9.17, 15) is 4.79 Å². The third kappa shape index (κ3) is 3.46. The Kier molecular flexibility index (Phi) is 5.50. The van der Waals surface area contributed by atoms with Crippen molar-refractivity contribution in [1.29, 1.82) is 0 Å². The fraction of sp³-hybridized carbons (Fsp3) is 0.350. The molecule has 8 heteroatoms. The zero-order valence-electron chi connectivity index (χ0n) is 15.7. The first-order chi connectivity index (χ1) is 13.6. The second kappa shape index (κ2) is 8.05. The van der Waals surface area contributed by atoms with Gasteiger partial charge in [-0.05, 0) is 71.8 Å². The van der Waals surface area contributed by atoms with E-state index in [1.54, 1.807) is 24.7 Å². The number of methoxy groups -OCH3 is 1. The highest BCUT2D eigenvalue weighted by Gasteiger charge is 2.19. The maximum absolute atomic E-state index is 13.0. The van der Waals surface area contributed by atoms with E-state index >= 15 is 0 Å². The highest BCUT2D eigenvalue weighted by molar-refractivity contribution is 9.10. The average Bonchev–Trinajstić information content (AvgIpc) is 3.08. The van der Waals surface area contributed by atoms with Crippen LogP contribution in [0.1, 0.15) is 35.8 Å². The normalized spacial score (nSPS) is 13.8. The molecule has 0 spiro atoms. The summed E-state index contributed by atoms with van der Waals surface area (Å²) in [6, 6.07) is 3.70. The molecule has 3 aromatic rings. The van der Waals surface area contributed by atoms with Crippen LogP contribution in [0.2, 0.25) is 0 Å². The highest BCUT2D eigenvalue weighted by Crippen LogP contribution is 2.36. The van der Waals surface area contributed by atoms with Crippen LogP contribution in [0.5, 0.6) is 11.5 Å².